The molecule has 0 bridgehead atoms. The molecule has 0 fully saturated rings. The zero-order chi connectivity index (χ0) is 15.3. The Kier molecular flexibility index (Phi) is 4.75. The fraction of sp³-hybridized carbons (Fsp3) is 0.375. The molecule has 0 aliphatic heterocycles. The minimum atomic E-state index is -0.542. The van der Waals surface area contributed by atoms with Crippen LogP contribution in [0.5, 0.6) is 0 Å². The summed E-state index contributed by atoms with van der Waals surface area (Å²) in [5.74, 6) is -0.215. The van der Waals surface area contributed by atoms with Crippen LogP contribution in [0.2, 0.25) is 0 Å². The van der Waals surface area contributed by atoms with Gasteiger partial charge in [-0.25, -0.2) is 0 Å². The highest BCUT2D eigenvalue weighted by atomic mass is 16.3. The maximum Gasteiger partial charge on any atom is 0.269 e. The summed E-state index contributed by atoms with van der Waals surface area (Å²) in [6.45, 7) is 4.11. The first-order valence-electron chi connectivity index (χ1n) is 7.01. The molecule has 0 saturated carbocycles. The summed E-state index contributed by atoms with van der Waals surface area (Å²) in [4.78, 5) is 12.0. The van der Waals surface area contributed by atoms with Gasteiger partial charge in [0.1, 0.15) is 5.69 Å². The van der Waals surface area contributed by atoms with Crippen LogP contribution in [-0.2, 0) is 6.42 Å². The summed E-state index contributed by atoms with van der Waals surface area (Å²) in [6, 6.07) is 11.6. The second kappa shape index (κ2) is 6.54. The van der Waals surface area contributed by atoms with Gasteiger partial charge in [-0.05, 0) is 25.0 Å². The molecule has 1 heterocycles. The van der Waals surface area contributed by atoms with Gasteiger partial charge in [0, 0.05) is 18.2 Å². The summed E-state index contributed by atoms with van der Waals surface area (Å²) < 4.78 is 0. The summed E-state index contributed by atoms with van der Waals surface area (Å²) in [5.41, 5.74) is 1.12. The highest BCUT2D eigenvalue weighted by Crippen LogP contribution is 2.26. The number of carbonyl (C=O) groups is 1. The molecule has 5 heteroatoms. The third-order valence-corrected chi connectivity index (χ3v) is 3.86. The van der Waals surface area contributed by atoms with Crippen LogP contribution in [0.1, 0.15) is 29.9 Å². The van der Waals surface area contributed by atoms with Crippen LogP contribution in [0, 0.1) is 5.41 Å². The molecule has 0 spiro atoms. The SMILES string of the molecule is C[C@@H](O)[C@@](C)(CNC(=O)c1ccn[nH]1)Cc1ccccc1. The van der Waals surface area contributed by atoms with E-state index < -0.39 is 11.5 Å². The third kappa shape index (κ3) is 3.92. The number of aliphatic hydroxyl groups excluding tert-OH is 1. The van der Waals surface area contributed by atoms with E-state index in [0.29, 0.717) is 18.7 Å². The zero-order valence-electron chi connectivity index (χ0n) is 12.3. The number of H-pyrrole nitrogens is 1. The fourth-order valence-electron chi connectivity index (χ4n) is 2.18. The lowest BCUT2D eigenvalue weighted by Crippen LogP contribution is -2.43. The van der Waals surface area contributed by atoms with Gasteiger partial charge in [0.15, 0.2) is 0 Å². The third-order valence-electron chi connectivity index (χ3n) is 3.86. The van der Waals surface area contributed by atoms with Crippen LogP contribution >= 0.6 is 0 Å². The first kappa shape index (κ1) is 15.3. The first-order valence-corrected chi connectivity index (χ1v) is 7.01. The van der Waals surface area contributed by atoms with Gasteiger partial charge < -0.3 is 10.4 Å². The van der Waals surface area contributed by atoms with Crippen molar-refractivity contribution in [3.05, 3.63) is 53.9 Å². The van der Waals surface area contributed by atoms with Gasteiger partial charge >= 0.3 is 0 Å². The molecule has 0 saturated heterocycles. The van der Waals surface area contributed by atoms with Crippen LogP contribution < -0.4 is 5.32 Å². The number of hydrogen-bond donors (Lipinski definition) is 3. The molecule has 21 heavy (non-hydrogen) atoms. The number of amides is 1. The molecule has 112 valence electrons. The Labute approximate surface area is 124 Å². The van der Waals surface area contributed by atoms with Crippen molar-refractivity contribution in [2.24, 2.45) is 5.41 Å². The number of benzene rings is 1. The number of aromatic amines is 1. The van der Waals surface area contributed by atoms with Crippen molar-refractivity contribution in [1.29, 1.82) is 0 Å². The summed E-state index contributed by atoms with van der Waals surface area (Å²) >= 11 is 0. The van der Waals surface area contributed by atoms with Gasteiger partial charge in [-0.3, -0.25) is 9.89 Å². The molecule has 1 aromatic carbocycles. The average Bonchev–Trinajstić information content (AvgIpc) is 3.00. The minimum absolute atomic E-state index is 0.215. The van der Waals surface area contributed by atoms with Crippen molar-refractivity contribution >= 4 is 5.91 Å². The first-order chi connectivity index (χ1) is 10.0. The molecule has 0 radical (unpaired) electrons. The minimum Gasteiger partial charge on any atom is -0.393 e. The molecular weight excluding hydrogens is 266 g/mol. The van der Waals surface area contributed by atoms with Crippen LogP contribution in [-0.4, -0.2) is 33.9 Å². The average molecular weight is 287 g/mol. The van der Waals surface area contributed by atoms with Crippen LogP contribution in [0.25, 0.3) is 0 Å². The molecule has 2 aromatic rings. The predicted molar refractivity (Wildman–Crippen MR) is 80.9 cm³/mol. The van der Waals surface area contributed by atoms with E-state index >= 15 is 0 Å². The molecule has 3 N–H and O–H groups in total. The fourth-order valence-corrected chi connectivity index (χ4v) is 2.18. The van der Waals surface area contributed by atoms with E-state index in [1.54, 1.807) is 13.0 Å². The normalized spacial score (nSPS) is 15.2. The van der Waals surface area contributed by atoms with Gasteiger partial charge in [-0.1, -0.05) is 37.3 Å². The molecule has 0 aliphatic rings. The highest BCUT2D eigenvalue weighted by Gasteiger charge is 2.31. The van der Waals surface area contributed by atoms with Gasteiger partial charge in [-0.2, -0.15) is 5.10 Å². The highest BCUT2D eigenvalue weighted by molar-refractivity contribution is 5.92. The number of aliphatic hydroxyl groups is 1. The second-order valence-electron chi connectivity index (χ2n) is 5.65. The van der Waals surface area contributed by atoms with E-state index in [-0.39, 0.29) is 5.91 Å². The summed E-state index contributed by atoms with van der Waals surface area (Å²) in [5, 5.41) is 19.3. The number of hydrogen-bond acceptors (Lipinski definition) is 3. The predicted octanol–water partition coefficient (Wildman–Crippen LogP) is 1.77. The van der Waals surface area contributed by atoms with Crippen molar-refractivity contribution in [3.8, 4) is 0 Å². The van der Waals surface area contributed by atoms with Crippen LogP contribution in [0.15, 0.2) is 42.6 Å². The molecule has 1 amide bonds. The van der Waals surface area contributed by atoms with Crippen molar-refractivity contribution in [3.63, 3.8) is 0 Å². The molecular formula is C16H21N3O2. The lowest BCUT2D eigenvalue weighted by atomic mass is 9.79. The summed E-state index contributed by atoms with van der Waals surface area (Å²) in [7, 11) is 0. The quantitative estimate of drug-likeness (QED) is 0.757. The lowest BCUT2D eigenvalue weighted by molar-refractivity contribution is 0.0499. The van der Waals surface area contributed by atoms with E-state index in [2.05, 4.69) is 15.5 Å². The molecule has 2 rings (SSSR count). The van der Waals surface area contributed by atoms with Crippen molar-refractivity contribution in [1.82, 2.24) is 15.5 Å². The van der Waals surface area contributed by atoms with Crippen molar-refractivity contribution in [2.45, 2.75) is 26.4 Å². The van der Waals surface area contributed by atoms with E-state index in [1.807, 2.05) is 37.3 Å². The maximum absolute atomic E-state index is 12.0. The van der Waals surface area contributed by atoms with E-state index in [1.165, 1.54) is 6.20 Å². The standard InChI is InChI=1S/C16H21N3O2/c1-12(20)16(2,10-13-6-4-3-5-7-13)11-17-15(21)14-8-9-18-19-14/h3-9,12,20H,10-11H2,1-2H3,(H,17,21)(H,18,19)/t12-,16-/m1/s1. The Morgan fingerprint density at radius 2 is 2.10 bits per heavy atom. The summed E-state index contributed by atoms with van der Waals surface area (Å²) in [6.07, 6.45) is 1.68. The maximum atomic E-state index is 12.0. The van der Waals surface area contributed by atoms with Gasteiger partial charge in [0.25, 0.3) is 5.91 Å². The number of nitrogens with one attached hydrogen (secondary N) is 2. The lowest BCUT2D eigenvalue weighted by Gasteiger charge is -2.33. The van der Waals surface area contributed by atoms with Crippen LogP contribution in [0.3, 0.4) is 0 Å². The van der Waals surface area contributed by atoms with Crippen LogP contribution in [0.4, 0.5) is 0 Å². The van der Waals surface area contributed by atoms with Crippen molar-refractivity contribution < 1.29 is 9.90 Å². The Bertz CT molecular complexity index is 566. The molecule has 2 atom stereocenters. The molecule has 1 aromatic heterocycles. The monoisotopic (exact) mass is 287 g/mol. The van der Waals surface area contributed by atoms with E-state index in [4.69, 9.17) is 0 Å². The number of rotatable bonds is 6. The molecule has 0 aliphatic carbocycles. The number of carbonyl (C=O) groups excluding carboxylic acids is 1. The largest absolute Gasteiger partial charge is 0.393 e. The van der Waals surface area contributed by atoms with E-state index in [0.717, 1.165) is 5.56 Å². The topological polar surface area (TPSA) is 78.0 Å². The van der Waals surface area contributed by atoms with Gasteiger partial charge in [0.05, 0.1) is 6.10 Å². The molecule has 5 nitrogen and oxygen atoms in total. The Morgan fingerprint density at radius 1 is 1.38 bits per heavy atom. The molecule has 0 unspecified atom stereocenters. The number of aromatic nitrogens is 2. The Hall–Kier alpha value is -2.14. The Balaban J connectivity index is 2.03. The number of nitrogens with zero attached hydrogens (tertiary/aromatic N) is 1. The zero-order valence-corrected chi connectivity index (χ0v) is 12.3. The van der Waals surface area contributed by atoms with E-state index in [9.17, 15) is 9.90 Å². The van der Waals surface area contributed by atoms with Crippen molar-refractivity contribution in [2.75, 3.05) is 6.54 Å². The van der Waals surface area contributed by atoms with Gasteiger partial charge in [0.2, 0.25) is 0 Å². The second-order valence-corrected chi connectivity index (χ2v) is 5.65. The van der Waals surface area contributed by atoms with Gasteiger partial charge in [-0.15, -0.1) is 0 Å². The Morgan fingerprint density at radius 3 is 2.67 bits per heavy atom. The smallest absolute Gasteiger partial charge is 0.269 e.